The molecule has 1 aromatic heterocycles. The summed E-state index contributed by atoms with van der Waals surface area (Å²) < 4.78 is 65.0. The third-order valence-electron chi connectivity index (χ3n) is 5.44. The Morgan fingerprint density at radius 2 is 1.73 bits per heavy atom. The average molecular weight is 451 g/mol. The van der Waals surface area contributed by atoms with Crippen LogP contribution >= 0.6 is 10.2 Å². The van der Waals surface area contributed by atoms with Crippen LogP contribution in [-0.4, -0.2) is 29.8 Å². The highest BCUT2D eigenvalue weighted by Crippen LogP contribution is 3.02. The van der Waals surface area contributed by atoms with Crippen LogP contribution in [0.5, 0.6) is 0 Å². The number of aromatic amines is 1. The number of aromatic nitrogens is 2. The van der Waals surface area contributed by atoms with E-state index in [2.05, 4.69) is 9.97 Å². The molecule has 11 heteroatoms. The Balaban J connectivity index is 1.92. The number of rotatable bonds is 7. The zero-order valence-corrected chi connectivity index (χ0v) is 17.4. The first kappa shape index (κ1) is 22.3. The van der Waals surface area contributed by atoms with Crippen molar-refractivity contribution in [3.05, 3.63) is 51.9 Å². The fourth-order valence-corrected chi connectivity index (χ4v) is 4.01. The zero-order valence-electron chi connectivity index (χ0n) is 16.6. The van der Waals surface area contributed by atoms with Crippen LogP contribution in [0.4, 0.5) is 25.4 Å². The molecule has 3 rings (SSSR count). The van der Waals surface area contributed by atoms with E-state index in [4.69, 9.17) is 0 Å². The van der Waals surface area contributed by atoms with Gasteiger partial charge in [-0.2, -0.15) is 0 Å². The number of Topliss-reactive ketones (excluding diaryl/α,β-unsaturated/α-hetero) is 1. The lowest BCUT2D eigenvalue weighted by Crippen LogP contribution is -2.22. The number of nitrogens with zero attached hydrogens (tertiary/aromatic N) is 2. The first-order valence-corrected chi connectivity index (χ1v) is 11.1. The number of H-pyrrole nitrogens is 1. The van der Waals surface area contributed by atoms with E-state index in [1.165, 1.54) is 4.90 Å². The molecular formula is C19H22F5N3O2S. The van der Waals surface area contributed by atoms with Gasteiger partial charge in [0.1, 0.15) is 10.6 Å². The highest BCUT2D eigenvalue weighted by Gasteiger charge is 2.65. The summed E-state index contributed by atoms with van der Waals surface area (Å²) >= 11 is 0. The SMILES string of the molecule is CN(C)c1nc(C(=O)C[C@@H](c2ccc(S(F)(F)(F)(F)F)cc2)C2(C)CC2)cc(=O)[nH]1. The van der Waals surface area contributed by atoms with Crippen LogP contribution in [0.25, 0.3) is 0 Å². The molecular weight excluding hydrogens is 429 g/mol. The molecule has 1 fully saturated rings. The Bertz CT molecular complexity index is 1050. The summed E-state index contributed by atoms with van der Waals surface area (Å²) in [4.78, 5) is 30.8. The average Bonchev–Trinajstić information content (AvgIpc) is 3.35. The molecule has 1 saturated carbocycles. The molecule has 2 aromatic rings. The summed E-state index contributed by atoms with van der Waals surface area (Å²) in [5, 5.41) is 0. The van der Waals surface area contributed by atoms with Gasteiger partial charge in [0.25, 0.3) is 5.56 Å². The van der Waals surface area contributed by atoms with Crippen molar-refractivity contribution in [1.29, 1.82) is 0 Å². The molecule has 1 aromatic carbocycles. The number of hydrogen-bond donors (Lipinski definition) is 1. The van der Waals surface area contributed by atoms with Crippen LogP contribution < -0.4 is 10.5 Å². The smallest absolute Gasteiger partial charge is 0.310 e. The van der Waals surface area contributed by atoms with E-state index in [-0.39, 0.29) is 23.5 Å². The van der Waals surface area contributed by atoms with Gasteiger partial charge in [0.2, 0.25) is 5.95 Å². The standard InChI is InChI=1S/C19H22F5N3O2S/c1-19(8-9-19)14(12-4-6-13(7-5-12)30(20,21,22,23)24)10-16(28)15-11-17(29)26-18(25-15)27(2)3/h4-7,11,14H,8-10H2,1-3H3,(H,25,26,29)/t14-/m0/s1. The van der Waals surface area contributed by atoms with Gasteiger partial charge in [-0.25, -0.2) is 4.98 Å². The van der Waals surface area contributed by atoms with Crippen LogP contribution in [0, 0.1) is 5.41 Å². The molecule has 1 aliphatic carbocycles. The molecule has 0 aliphatic heterocycles. The molecule has 1 N–H and O–H groups in total. The third-order valence-corrected chi connectivity index (χ3v) is 6.60. The molecule has 166 valence electrons. The van der Waals surface area contributed by atoms with Crippen molar-refractivity contribution in [2.75, 3.05) is 19.0 Å². The molecule has 0 amide bonds. The molecule has 1 heterocycles. The van der Waals surface area contributed by atoms with Gasteiger partial charge in [0, 0.05) is 26.6 Å². The largest absolute Gasteiger partial charge is 0.348 e. The molecule has 30 heavy (non-hydrogen) atoms. The number of carbonyl (C=O) groups is 1. The first-order chi connectivity index (χ1) is 13.5. The van der Waals surface area contributed by atoms with Crippen LogP contribution in [-0.2, 0) is 0 Å². The molecule has 0 radical (unpaired) electrons. The van der Waals surface area contributed by atoms with Crippen LogP contribution in [0.3, 0.4) is 0 Å². The van der Waals surface area contributed by atoms with Crippen LogP contribution in [0.1, 0.15) is 48.2 Å². The lowest BCUT2D eigenvalue weighted by atomic mass is 9.80. The number of nitrogens with one attached hydrogen (secondary N) is 1. The van der Waals surface area contributed by atoms with E-state index in [1.807, 2.05) is 6.92 Å². The van der Waals surface area contributed by atoms with E-state index >= 15 is 0 Å². The fourth-order valence-electron chi connectivity index (χ4n) is 3.36. The summed E-state index contributed by atoms with van der Waals surface area (Å²) in [5.74, 6) is -0.735. The highest BCUT2D eigenvalue weighted by molar-refractivity contribution is 8.45. The summed E-state index contributed by atoms with van der Waals surface area (Å²) in [6.07, 6.45) is 1.40. The van der Waals surface area contributed by atoms with Crippen molar-refractivity contribution in [1.82, 2.24) is 9.97 Å². The number of benzene rings is 1. The van der Waals surface area contributed by atoms with Gasteiger partial charge >= 0.3 is 10.2 Å². The molecule has 0 bridgehead atoms. The predicted molar refractivity (Wildman–Crippen MR) is 106 cm³/mol. The van der Waals surface area contributed by atoms with E-state index in [1.54, 1.807) is 14.1 Å². The number of halogens is 5. The second kappa shape index (κ2) is 6.29. The molecule has 1 atom stereocenters. The highest BCUT2D eigenvalue weighted by atomic mass is 32.5. The van der Waals surface area contributed by atoms with Gasteiger partial charge in [-0.1, -0.05) is 38.5 Å². The second-order valence-corrected chi connectivity index (χ2v) is 10.6. The lowest BCUT2D eigenvalue weighted by molar-refractivity contribution is 0.0957. The van der Waals surface area contributed by atoms with Crippen molar-refractivity contribution >= 4 is 22.0 Å². The van der Waals surface area contributed by atoms with Crippen molar-refractivity contribution in [3.63, 3.8) is 0 Å². The normalized spacial score (nSPS) is 18.8. The van der Waals surface area contributed by atoms with E-state index < -0.39 is 32.4 Å². The second-order valence-electron chi connectivity index (χ2n) is 8.22. The molecule has 5 nitrogen and oxygen atoms in total. The van der Waals surface area contributed by atoms with Gasteiger partial charge in [-0.05, 0) is 41.9 Å². The Labute approximate surface area is 170 Å². The molecule has 0 saturated heterocycles. The minimum atomic E-state index is -9.76. The van der Waals surface area contributed by atoms with Gasteiger partial charge in [0.15, 0.2) is 5.78 Å². The lowest BCUT2D eigenvalue weighted by Gasteiger charge is -2.40. The van der Waals surface area contributed by atoms with E-state index in [0.29, 0.717) is 17.7 Å². The molecule has 1 aliphatic rings. The number of hydrogen-bond acceptors (Lipinski definition) is 4. The fraction of sp³-hybridized carbons (Fsp3) is 0.421. The van der Waals surface area contributed by atoms with Gasteiger partial charge < -0.3 is 4.90 Å². The maximum absolute atomic E-state index is 13.0. The summed E-state index contributed by atoms with van der Waals surface area (Å²) in [6, 6.07) is 3.82. The third kappa shape index (κ3) is 4.82. The van der Waals surface area contributed by atoms with Crippen molar-refractivity contribution in [3.8, 4) is 0 Å². The quantitative estimate of drug-likeness (QED) is 0.436. The Morgan fingerprint density at radius 1 is 1.17 bits per heavy atom. The topological polar surface area (TPSA) is 66.1 Å². The maximum Gasteiger partial charge on any atom is 0.310 e. The van der Waals surface area contributed by atoms with Crippen molar-refractivity contribution in [2.45, 2.75) is 37.0 Å². The van der Waals surface area contributed by atoms with Gasteiger partial charge in [-0.3, -0.25) is 14.6 Å². The summed E-state index contributed by atoms with van der Waals surface area (Å²) in [7, 11) is -6.48. The van der Waals surface area contributed by atoms with Crippen molar-refractivity contribution in [2.24, 2.45) is 5.41 Å². The van der Waals surface area contributed by atoms with Gasteiger partial charge in [-0.15, -0.1) is 0 Å². The van der Waals surface area contributed by atoms with E-state index in [0.717, 1.165) is 31.0 Å². The van der Waals surface area contributed by atoms with Crippen LogP contribution in [0.2, 0.25) is 0 Å². The Hall–Kier alpha value is -2.43. The molecule has 0 unspecified atom stereocenters. The van der Waals surface area contributed by atoms with E-state index in [9.17, 15) is 29.0 Å². The predicted octanol–water partition coefficient (Wildman–Crippen LogP) is 5.65. The minimum absolute atomic E-state index is 0.0552. The van der Waals surface area contributed by atoms with Gasteiger partial charge in [0.05, 0.1) is 0 Å². The summed E-state index contributed by atoms with van der Waals surface area (Å²) in [5.41, 5.74) is -0.532. The maximum atomic E-state index is 13.0. The Morgan fingerprint density at radius 3 is 2.20 bits per heavy atom. The molecule has 0 spiro atoms. The zero-order chi connectivity index (χ0) is 22.6. The number of ketones is 1. The monoisotopic (exact) mass is 451 g/mol. The number of anilines is 1. The van der Waals surface area contributed by atoms with Crippen molar-refractivity contribution < 1.29 is 24.2 Å². The minimum Gasteiger partial charge on any atom is -0.348 e. The number of carbonyl (C=O) groups excluding carboxylic acids is 1. The van der Waals surface area contributed by atoms with Crippen LogP contribution in [0.15, 0.2) is 40.0 Å². The summed E-state index contributed by atoms with van der Waals surface area (Å²) in [6.45, 7) is 1.89. The first-order valence-electron chi connectivity index (χ1n) is 9.14. The Kier molecular flexibility index (Phi) is 4.66.